The maximum atomic E-state index is 11.6. The molecule has 1 saturated carbocycles. The average Bonchev–Trinajstić information content (AvgIpc) is 2.37. The molecule has 2 rings (SSSR count). The van der Waals surface area contributed by atoms with E-state index in [9.17, 15) is 9.90 Å². The summed E-state index contributed by atoms with van der Waals surface area (Å²) in [4.78, 5) is 11.6. The van der Waals surface area contributed by atoms with Gasteiger partial charge in [-0.3, -0.25) is 0 Å². The second kappa shape index (κ2) is 5.12. The average molecular weight is 264 g/mol. The molecule has 3 heteroatoms. The van der Waals surface area contributed by atoms with Crippen LogP contribution in [0.3, 0.4) is 0 Å². The van der Waals surface area contributed by atoms with Gasteiger partial charge < -0.3 is 9.84 Å². The summed E-state index contributed by atoms with van der Waals surface area (Å²) >= 11 is 0. The number of carbonyl (C=O) groups is 1. The van der Waals surface area contributed by atoms with E-state index in [0.717, 1.165) is 31.3 Å². The first-order chi connectivity index (χ1) is 8.90. The fourth-order valence-corrected chi connectivity index (χ4v) is 3.88. The molecule has 0 spiro atoms. The zero-order valence-electron chi connectivity index (χ0n) is 12.2. The highest BCUT2D eigenvalue weighted by Crippen LogP contribution is 2.52. The number of fused-ring (bicyclic) bond motifs is 1. The minimum Gasteiger partial charge on any atom is -0.466 e. The van der Waals surface area contributed by atoms with Crippen LogP contribution >= 0.6 is 0 Å². The summed E-state index contributed by atoms with van der Waals surface area (Å²) in [7, 11) is 1.36. The lowest BCUT2D eigenvalue weighted by Gasteiger charge is -2.47. The highest BCUT2D eigenvalue weighted by molar-refractivity contribution is 5.88. The van der Waals surface area contributed by atoms with Crippen LogP contribution in [0.2, 0.25) is 0 Å². The van der Waals surface area contributed by atoms with Crippen LogP contribution < -0.4 is 0 Å². The Morgan fingerprint density at radius 3 is 2.79 bits per heavy atom. The van der Waals surface area contributed by atoms with Crippen molar-refractivity contribution >= 4 is 5.97 Å². The molecule has 19 heavy (non-hydrogen) atoms. The van der Waals surface area contributed by atoms with Crippen molar-refractivity contribution in [1.82, 2.24) is 0 Å². The molecule has 2 aliphatic rings. The van der Waals surface area contributed by atoms with E-state index in [-0.39, 0.29) is 11.3 Å². The van der Waals surface area contributed by atoms with Crippen molar-refractivity contribution in [1.29, 1.82) is 0 Å². The Balaban J connectivity index is 2.30. The molecule has 1 fully saturated rings. The molecule has 1 N–H and O–H groups in total. The number of carbonyl (C=O) groups excluding carboxylic acids is 1. The fraction of sp³-hybridized carbons (Fsp3) is 0.688. The third-order valence-corrected chi connectivity index (χ3v) is 4.97. The molecular formula is C16H24O3. The predicted octanol–water partition coefficient (Wildman–Crippen LogP) is 2.99. The molecule has 2 aliphatic carbocycles. The molecule has 0 aromatic rings. The number of hydrogen-bond acceptors (Lipinski definition) is 3. The van der Waals surface area contributed by atoms with E-state index in [1.807, 2.05) is 0 Å². The van der Waals surface area contributed by atoms with Crippen LogP contribution in [0.1, 0.15) is 46.0 Å². The molecule has 0 radical (unpaired) electrons. The van der Waals surface area contributed by atoms with Gasteiger partial charge in [-0.1, -0.05) is 19.1 Å². The van der Waals surface area contributed by atoms with Crippen molar-refractivity contribution in [3.8, 4) is 0 Å². The molecular weight excluding hydrogens is 240 g/mol. The Morgan fingerprint density at radius 2 is 2.16 bits per heavy atom. The first-order valence-corrected chi connectivity index (χ1v) is 7.06. The topological polar surface area (TPSA) is 46.5 Å². The molecule has 3 unspecified atom stereocenters. The SMILES string of the molecule is C=C(C(=O)OC)C1CCC2(C)CCCC(C)=C2C1O. The number of esters is 1. The summed E-state index contributed by atoms with van der Waals surface area (Å²) < 4.78 is 4.74. The molecule has 3 atom stereocenters. The molecule has 0 heterocycles. The Kier molecular flexibility index (Phi) is 3.86. The van der Waals surface area contributed by atoms with Gasteiger partial charge in [0.15, 0.2) is 0 Å². The molecule has 0 saturated heterocycles. The summed E-state index contributed by atoms with van der Waals surface area (Å²) in [6, 6.07) is 0. The lowest BCUT2D eigenvalue weighted by atomic mass is 9.59. The molecule has 0 aromatic heterocycles. The van der Waals surface area contributed by atoms with Gasteiger partial charge in [0, 0.05) is 11.5 Å². The highest BCUT2D eigenvalue weighted by atomic mass is 16.5. The molecule has 0 aromatic carbocycles. The van der Waals surface area contributed by atoms with E-state index >= 15 is 0 Å². The number of allylic oxidation sites excluding steroid dienone is 1. The Morgan fingerprint density at radius 1 is 1.47 bits per heavy atom. The van der Waals surface area contributed by atoms with Crippen molar-refractivity contribution in [2.45, 2.75) is 52.1 Å². The van der Waals surface area contributed by atoms with Crippen molar-refractivity contribution in [2.24, 2.45) is 11.3 Å². The number of aliphatic hydroxyl groups excluding tert-OH is 1. The van der Waals surface area contributed by atoms with Crippen LogP contribution in [0.5, 0.6) is 0 Å². The van der Waals surface area contributed by atoms with Crippen LogP contribution in [-0.2, 0) is 9.53 Å². The van der Waals surface area contributed by atoms with Crippen LogP contribution in [0, 0.1) is 11.3 Å². The van der Waals surface area contributed by atoms with Crippen molar-refractivity contribution < 1.29 is 14.6 Å². The summed E-state index contributed by atoms with van der Waals surface area (Å²) in [6.45, 7) is 8.18. The largest absolute Gasteiger partial charge is 0.466 e. The second-order valence-corrected chi connectivity index (χ2v) is 6.22. The quantitative estimate of drug-likeness (QED) is 0.474. The van der Waals surface area contributed by atoms with Crippen LogP contribution in [0.15, 0.2) is 23.3 Å². The number of ether oxygens (including phenoxy) is 1. The van der Waals surface area contributed by atoms with E-state index in [1.165, 1.54) is 19.1 Å². The number of rotatable bonds is 2. The summed E-state index contributed by atoms with van der Waals surface area (Å²) in [5.74, 6) is -0.592. The van der Waals surface area contributed by atoms with Crippen LogP contribution in [0.4, 0.5) is 0 Å². The standard InChI is InChI=1S/C16H24O3/c1-10-6-5-8-16(3)9-7-12(14(17)13(10)16)11(2)15(18)19-4/h12,14,17H,2,5-9H2,1,3-4H3. The monoisotopic (exact) mass is 264 g/mol. The molecule has 0 amide bonds. The van der Waals surface area contributed by atoms with Crippen molar-refractivity contribution in [2.75, 3.05) is 7.11 Å². The Labute approximate surface area is 115 Å². The Bertz CT molecular complexity index is 435. The van der Waals surface area contributed by atoms with Gasteiger partial charge in [0.25, 0.3) is 0 Å². The van der Waals surface area contributed by atoms with E-state index < -0.39 is 12.1 Å². The highest BCUT2D eigenvalue weighted by Gasteiger charge is 2.45. The Hall–Kier alpha value is -1.09. The molecule has 0 aliphatic heterocycles. The van der Waals surface area contributed by atoms with E-state index in [4.69, 9.17) is 4.74 Å². The maximum absolute atomic E-state index is 11.6. The van der Waals surface area contributed by atoms with Gasteiger partial charge in [-0.15, -0.1) is 0 Å². The van der Waals surface area contributed by atoms with Gasteiger partial charge in [0.05, 0.1) is 13.2 Å². The van der Waals surface area contributed by atoms with E-state index in [0.29, 0.717) is 5.57 Å². The van der Waals surface area contributed by atoms with Gasteiger partial charge >= 0.3 is 5.97 Å². The van der Waals surface area contributed by atoms with Crippen LogP contribution in [-0.4, -0.2) is 24.3 Å². The summed E-state index contributed by atoms with van der Waals surface area (Å²) in [5.41, 5.74) is 2.96. The van der Waals surface area contributed by atoms with Gasteiger partial charge in [0.2, 0.25) is 0 Å². The van der Waals surface area contributed by atoms with Gasteiger partial charge in [-0.05, 0) is 50.0 Å². The number of hydrogen-bond donors (Lipinski definition) is 1. The lowest BCUT2D eigenvalue weighted by Crippen LogP contribution is -2.42. The van der Waals surface area contributed by atoms with Crippen molar-refractivity contribution in [3.63, 3.8) is 0 Å². The minimum atomic E-state index is -0.578. The lowest BCUT2D eigenvalue weighted by molar-refractivity contribution is -0.137. The van der Waals surface area contributed by atoms with E-state index in [1.54, 1.807) is 0 Å². The summed E-state index contributed by atoms with van der Waals surface area (Å²) in [6.07, 6.45) is 4.62. The van der Waals surface area contributed by atoms with Gasteiger partial charge in [-0.2, -0.15) is 0 Å². The number of aliphatic hydroxyl groups is 1. The third kappa shape index (κ3) is 2.36. The third-order valence-electron chi connectivity index (χ3n) is 4.97. The zero-order chi connectivity index (χ0) is 14.2. The summed E-state index contributed by atoms with van der Waals surface area (Å²) in [5, 5.41) is 10.7. The zero-order valence-corrected chi connectivity index (χ0v) is 12.2. The molecule has 106 valence electrons. The van der Waals surface area contributed by atoms with Gasteiger partial charge in [0.1, 0.15) is 0 Å². The van der Waals surface area contributed by atoms with Crippen LogP contribution in [0.25, 0.3) is 0 Å². The maximum Gasteiger partial charge on any atom is 0.333 e. The van der Waals surface area contributed by atoms with Gasteiger partial charge in [-0.25, -0.2) is 4.79 Å². The smallest absolute Gasteiger partial charge is 0.333 e. The first-order valence-electron chi connectivity index (χ1n) is 7.06. The first kappa shape index (κ1) is 14.3. The fourth-order valence-electron chi connectivity index (χ4n) is 3.88. The minimum absolute atomic E-state index is 0.106. The normalized spacial score (nSPS) is 34.7. The predicted molar refractivity (Wildman–Crippen MR) is 74.5 cm³/mol. The molecule has 3 nitrogen and oxygen atoms in total. The number of methoxy groups -OCH3 is 1. The molecule has 0 bridgehead atoms. The van der Waals surface area contributed by atoms with E-state index in [2.05, 4.69) is 20.4 Å². The van der Waals surface area contributed by atoms with Crippen molar-refractivity contribution in [3.05, 3.63) is 23.3 Å². The second-order valence-electron chi connectivity index (χ2n) is 6.22.